The number of aromatic nitrogens is 3. The minimum Gasteiger partial charge on any atom is -0.497 e. The number of nitrogens with one attached hydrogen (secondary N) is 1. The van der Waals surface area contributed by atoms with E-state index in [4.69, 9.17) is 14.0 Å². The number of para-hydroxylation sites is 1. The number of carbonyl (C=O) groups is 1. The Morgan fingerprint density at radius 1 is 1.06 bits per heavy atom. The van der Waals surface area contributed by atoms with Gasteiger partial charge in [-0.15, -0.1) is 0 Å². The van der Waals surface area contributed by atoms with E-state index in [0.717, 1.165) is 0 Å². The SMILES string of the molecule is COc1ccc(S(=O)(=O)Nc2ccccc2C(=O)OCc2nc(-c3cccnc3)no2)cc1. The number of hydrogen-bond donors (Lipinski definition) is 1. The van der Waals surface area contributed by atoms with Crippen LogP contribution in [0.5, 0.6) is 5.75 Å². The van der Waals surface area contributed by atoms with Crippen LogP contribution in [0.25, 0.3) is 11.4 Å². The van der Waals surface area contributed by atoms with E-state index in [1.165, 1.54) is 43.5 Å². The summed E-state index contributed by atoms with van der Waals surface area (Å²) in [6.07, 6.45) is 3.19. The fourth-order valence-electron chi connectivity index (χ4n) is 2.84. The van der Waals surface area contributed by atoms with Crippen LogP contribution in [0.1, 0.15) is 16.2 Å². The van der Waals surface area contributed by atoms with E-state index in [-0.39, 0.29) is 28.6 Å². The molecule has 33 heavy (non-hydrogen) atoms. The van der Waals surface area contributed by atoms with Crippen molar-refractivity contribution in [2.24, 2.45) is 0 Å². The van der Waals surface area contributed by atoms with E-state index in [1.807, 2.05) is 0 Å². The summed E-state index contributed by atoms with van der Waals surface area (Å²) in [5.74, 6) is 0.148. The largest absolute Gasteiger partial charge is 0.497 e. The number of sulfonamides is 1. The molecule has 2 aromatic heterocycles. The summed E-state index contributed by atoms with van der Waals surface area (Å²) >= 11 is 0. The van der Waals surface area contributed by atoms with Gasteiger partial charge in [-0.2, -0.15) is 4.98 Å². The van der Waals surface area contributed by atoms with Crippen LogP contribution in [0.15, 0.2) is 82.5 Å². The molecule has 11 heteroatoms. The number of rotatable bonds is 8. The first kappa shape index (κ1) is 22.0. The van der Waals surface area contributed by atoms with Gasteiger partial charge in [0.15, 0.2) is 6.61 Å². The van der Waals surface area contributed by atoms with E-state index < -0.39 is 16.0 Å². The molecule has 168 valence electrons. The summed E-state index contributed by atoms with van der Waals surface area (Å²) in [5.41, 5.74) is 0.749. The highest BCUT2D eigenvalue weighted by molar-refractivity contribution is 7.92. The van der Waals surface area contributed by atoms with Crippen LogP contribution in [-0.2, 0) is 21.4 Å². The van der Waals surface area contributed by atoms with Crippen molar-refractivity contribution in [2.75, 3.05) is 11.8 Å². The second-order valence-electron chi connectivity index (χ2n) is 6.66. The van der Waals surface area contributed by atoms with Crippen LogP contribution in [0.2, 0.25) is 0 Å². The molecule has 2 heterocycles. The third-order valence-corrected chi connectivity index (χ3v) is 5.86. The third-order valence-electron chi connectivity index (χ3n) is 4.48. The summed E-state index contributed by atoms with van der Waals surface area (Å²) in [6.45, 7) is -0.286. The maximum Gasteiger partial charge on any atom is 0.340 e. The molecule has 0 amide bonds. The summed E-state index contributed by atoms with van der Waals surface area (Å²) in [7, 11) is -2.47. The van der Waals surface area contributed by atoms with Gasteiger partial charge >= 0.3 is 5.97 Å². The van der Waals surface area contributed by atoms with Crippen LogP contribution >= 0.6 is 0 Å². The third kappa shape index (κ3) is 5.15. The number of benzene rings is 2. The van der Waals surface area contributed by atoms with Crippen LogP contribution < -0.4 is 9.46 Å². The number of methoxy groups -OCH3 is 1. The standard InChI is InChI=1S/C22H18N4O6S/c1-30-16-8-10-17(11-9-16)33(28,29)26-19-7-3-2-6-18(19)22(27)31-14-20-24-21(25-32-20)15-5-4-12-23-13-15/h2-13,26H,14H2,1H3. The van der Waals surface area contributed by atoms with Gasteiger partial charge < -0.3 is 14.0 Å². The van der Waals surface area contributed by atoms with Crippen LogP contribution in [0.4, 0.5) is 5.69 Å². The molecule has 4 rings (SSSR count). The fourth-order valence-corrected chi connectivity index (χ4v) is 3.92. The first-order valence-corrected chi connectivity index (χ1v) is 11.1. The predicted molar refractivity (Wildman–Crippen MR) is 117 cm³/mol. The van der Waals surface area contributed by atoms with Gasteiger partial charge in [0.1, 0.15) is 5.75 Å². The van der Waals surface area contributed by atoms with Crippen molar-refractivity contribution < 1.29 is 27.2 Å². The number of esters is 1. The number of nitrogens with zero attached hydrogens (tertiary/aromatic N) is 3. The van der Waals surface area contributed by atoms with Crippen LogP contribution in [0, 0.1) is 0 Å². The van der Waals surface area contributed by atoms with Gasteiger partial charge in [0.05, 0.1) is 23.3 Å². The normalized spacial score (nSPS) is 11.1. The average molecular weight is 466 g/mol. The average Bonchev–Trinajstić information content (AvgIpc) is 3.32. The maximum atomic E-state index is 12.8. The van der Waals surface area contributed by atoms with Gasteiger partial charge in [0.25, 0.3) is 15.9 Å². The van der Waals surface area contributed by atoms with Gasteiger partial charge in [0.2, 0.25) is 5.82 Å². The Kier molecular flexibility index (Phi) is 6.31. The van der Waals surface area contributed by atoms with Crippen LogP contribution in [-0.4, -0.2) is 36.6 Å². The van der Waals surface area contributed by atoms with E-state index in [1.54, 1.807) is 36.7 Å². The molecule has 10 nitrogen and oxygen atoms in total. The van der Waals surface area contributed by atoms with Crippen molar-refractivity contribution in [3.63, 3.8) is 0 Å². The molecule has 2 aromatic carbocycles. The number of anilines is 1. The first-order valence-electron chi connectivity index (χ1n) is 9.62. The molecule has 0 bridgehead atoms. The number of ether oxygens (including phenoxy) is 2. The molecule has 0 fully saturated rings. The zero-order valence-corrected chi connectivity index (χ0v) is 18.2. The number of carbonyl (C=O) groups excluding carboxylic acids is 1. The van der Waals surface area contributed by atoms with E-state index in [9.17, 15) is 13.2 Å². The molecule has 0 saturated carbocycles. The number of hydrogen-bond acceptors (Lipinski definition) is 9. The molecule has 4 aromatic rings. The fraction of sp³-hybridized carbons (Fsp3) is 0.0909. The topological polar surface area (TPSA) is 134 Å². The molecule has 1 N–H and O–H groups in total. The predicted octanol–water partition coefficient (Wildman–Crippen LogP) is 3.30. The zero-order valence-electron chi connectivity index (χ0n) is 17.3. The Morgan fingerprint density at radius 3 is 2.58 bits per heavy atom. The van der Waals surface area contributed by atoms with Gasteiger partial charge in [0, 0.05) is 18.0 Å². The molecule has 0 aliphatic rings. The zero-order chi connectivity index (χ0) is 23.3. The van der Waals surface area contributed by atoms with E-state index >= 15 is 0 Å². The monoisotopic (exact) mass is 466 g/mol. The molecule has 0 unspecified atom stereocenters. The first-order chi connectivity index (χ1) is 16.0. The minimum absolute atomic E-state index is 0.0141. The van der Waals surface area contributed by atoms with Crippen molar-refractivity contribution >= 4 is 21.7 Å². The second kappa shape index (κ2) is 9.49. The Labute approximate surface area is 189 Å². The Bertz CT molecular complexity index is 1360. The summed E-state index contributed by atoms with van der Waals surface area (Å²) in [5, 5.41) is 3.83. The molecule has 0 aliphatic heterocycles. The Balaban J connectivity index is 1.46. The Morgan fingerprint density at radius 2 is 1.85 bits per heavy atom. The molecular formula is C22H18N4O6S. The number of pyridine rings is 1. The van der Waals surface area contributed by atoms with E-state index in [2.05, 4.69) is 19.8 Å². The smallest absolute Gasteiger partial charge is 0.340 e. The lowest BCUT2D eigenvalue weighted by Crippen LogP contribution is -2.16. The lowest BCUT2D eigenvalue weighted by Gasteiger charge is -2.12. The Hall–Kier alpha value is -4.25. The van der Waals surface area contributed by atoms with Gasteiger partial charge in [-0.1, -0.05) is 17.3 Å². The van der Waals surface area contributed by atoms with Gasteiger partial charge in [-0.25, -0.2) is 13.2 Å². The summed E-state index contributed by atoms with van der Waals surface area (Å²) in [6, 6.07) is 15.4. The van der Waals surface area contributed by atoms with Crippen molar-refractivity contribution in [2.45, 2.75) is 11.5 Å². The molecular weight excluding hydrogens is 448 g/mol. The minimum atomic E-state index is -3.95. The maximum absolute atomic E-state index is 12.8. The van der Waals surface area contributed by atoms with Crippen molar-refractivity contribution in [1.82, 2.24) is 15.1 Å². The van der Waals surface area contributed by atoms with Gasteiger partial charge in [-0.05, 0) is 48.5 Å². The summed E-state index contributed by atoms with van der Waals surface area (Å²) < 4.78 is 43.3. The lowest BCUT2D eigenvalue weighted by atomic mass is 10.2. The van der Waals surface area contributed by atoms with Crippen molar-refractivity contribution in [3.05, 3.63) is 84.5 Å². The van der Waals surface area contributed by atoms with Gasteiger partial charge in [-0.3, -0.25) is 9.71 Å². The van der Waals surface area contributed by atoms with Crippen molar-refractivity contribution in [3.8, 4) is 17.1 Å². The van der Waals surface area contributed by atoms with Crippen molar-refractivity contribution in [1.29, 1.82) is 0 Å². The highest BCUT2D eigenvalue weighted by Gasteiger charge is 2.20. The molecule has 0 atom stereocenters. The molecule has 0 aliphatic carbocycles. The summed E-state index contributed by atoms with van der Waals surface area (Å²) in [4.78, 5) is 20.8. The molecule has 0 spiro atoms. The van der Waals surface area contributed by atoms with E-state index in [0.29, 0.717) is 17.1 Å². The van der Waals surface area contributed by atoms with Crippen LogP contribution in [0.3, 0.4) is 0 Å². The molecule has 0 saturated heterocycles. The highest BCUT2D eigenvalue weighted by Crippen LogP contribution is 2.23. The molecule has 0 radical (unpaired) electrons. The lowest BCUT2D eigenvalue weighted by molar-refractivity contribution is 0.0431. The highest BCUT2D eigenvalue weighted by atomic mass is 32.2. The quantitative estimate of drug-likeness (QED) is 0.388. The second-order valence-corrected chi connectivity index (χ2v) is 8.34.